The van der Waals surface area contributed by atoms with Gasteiger partial charge in [0.05, 0.1) is 34.2 Å². The van der Waals surface area contributed by atoms with Crippen LogP contribution in [0.15, 0.2) is 191 Å². The number of hydrogen-bond donors (Lipinski definition) is 0. The van der Waals surface area contributed by atoms with E-state index in [1.807, 2.05) is 0 Å². The minimum atomic E-state index is -0.554. The quantitative estimate of drug-likeness (QED) is 0.165. The maximum absolute atomic E-state index is 7.22. The standard InChI is InChI=1S/C60H40N2O2/c1-59(2,3)34-27-29-35(30-28-34)61-48-31-32-51-53(39-18-7-13-26-50(39)63-51)52(48)42-33-41-38-17-6-12-25-49(38)64-58(41)57-54(42)56(61)40-19-14-23-46-55(40)62(57)47-24-11-10-22-45(47)60(46)43-20-8-4-15-36(43)37-16-5-9-21-44(37)60/h4-33,56H,1-3H3. The SMILES string of the molecule is CC(C)(C)c1ccc(N2c3ccc4oc5ccccc5c4c3-c3cc4c(oc5ccccc54)c4c3C2c2cccc3c2N4c2ccccc2C32c3ccccc3-c3ccccc32)cc1. The Morgan fingerprint density at radius 3 is 1.88 bits per heavy atom. The van der Waals surface area contributed by atoms with E-state index < -0.39 is 5.41 Å². The molecule has 0 saturated carbocycles. The van der Waals surface area contributed by atoms with E-state index in [0.29, 0.717) is 0 Å². The summed E-state index contributed by atoms with van der Waals surface area (Å²) in [5, 5.41) is 4.47. The molecule has 15 rings (SSSR count). The predicted octanol–water partition coefficient (Wildman–Crippen LogP) is 16.2. The number of anilines is 5. The lowest BCUT2D eigenvalue weighted by molar-refractivity contribution is 0.590. The number of para-hydroxylation sites is 4. The smallest absolute Gasteiger partial charge is 0.159 e. The summed E-state index contributed by atoms with van der Waals surface area (Å²) in [5.41, 5.74) is 22.8. The molecule has 3 aliphatic heterocycles. The second kappa shape index (κ2) is 11.8. The topological polar surface area (TPSA) is 32.8 Å². The van der Waals surface area contributed by atoms with Crippen LogP contribution in [0.3, 0.4) is 0 Å². The summed E-state index contributed by atoms with van der Waals surface area (Å²) in [7, 11) is 0. The van der Waals surface area contributed by atoms with Crippen molar-refractivity contribution in [3.05, 3.63) is 221 Å². The van der Waals surface area contributed by atoms with Gasteiger partial charge in [0.2, 0.25) is 0 Å². The fourth-order valence-electron chi connectivity index (χ4n) is 12.4. The molecule has 9 aromatic carbocycles. The van der Waals surface area contributed by atoms with E-state index in [4.69, 9.17) is 8.83 Å². The van der Waals surface area contributed by atoms with Gasteiger partial charge in [-0.25, -0.2) is 0 Å². The van der Waals surface area contributed by atoms with Crippen LogP contribution in [-0.2, 0) is 10.8 Å². The first-order valence-corrected chi connectivity index (χ1v) is 22.5. The van der Waals surface area contributed by atoms with Crippen LogP contribution in [0.1, 0.15) is 65.8 Å². The molecule has 0 bridgehead atoms. The molecule has 0 amide bonds. The van der Waals surface area contributed by atoms with Gasteiger partial charge < -0.3 is 18.6 Å². The Kier molecular flexibility index (Phi) is 6.40. The van der Waals surface area contributed by atoms with Crippen molar-refractivity contribution in [2.45, 2.75) is 37.6 Å². The second-order valence-electron chi connectivity index (χ2n) is 19.1. The Bertz CT molecular complexity index is 3810. The van der Waals surface area contributed by atoms with Crippen molar-refractivity contribution in [3.8, 4) is 22.3 Å². The van der Waals surface area contributed by atoms with Crippen LogP contribution < -0.4 is 9.80 Å². The lowest BCUT2D eigenvalue weighted by Gasteiger charge is -2.52. The van der Waals surface area contributed by atoms with Crippen LogP contribution in [0.25, 0.3) is 66.1 Å². The third-order valence-corrected chi connectivity index (χ3v) is 15.0. The Hall–Kier alpha value is -7.82. The normalized spacial score (nSPS) is 16.0. The van der Waals surface area contributed by atoms with Crippen molar-refractivity contribution in [2.75, 3.05) is 9.80 Å². The monoisotopic (exact) mass is 820 g/mol. The third kappa shape index (κ3) is 4.06. The van der Waals surface area contributed by atoms with E-state index in [-0.39, 0.29) is 11.5 Å². The van der Waals surface area contributed by atoms with Gasteiger partial charge >= 0.3 is 0 Å². The van der Waals surface area contributed by atoms with E-state index in [1.54, 1.807) is 0 Å². The number of fused-ring (bicyclic) bond motifs is 21. The van der Waals surface area contributed by atoms with E-state index in [2.05, 4.69) is 213 Å². The fraction of sp³-hybridized carbons (Fsp3) is 0.100. The van der Waals surface area contributed by atoms with Gasteiger partial charge in [-0.05, 0) is 98.5 Å². The number of furan rings is 2. The summed E-state index contributed by atoms with van der Waals surface area (Å²) in [6.45, 7) is 6.87. The first-order valence-electron chi connectivity index (χ1n) is 22.5. The summed E-state index contributed by atoms with van der Waals surface area (Å²) in [6.07, 6.45) is 0. The van der Waals surface area contributed by atoms with Crippen molar-refractivity contribution in [3.63, 3.8) is 0 Å². The molecule has 0 radical (unpaired) electrons. The molecule has 11 aromatic rings. The maximum atomic E-state index is 7.22. The van der Waals surface area contributed by atoms with Crippen molar-refractivity contribution in [2.24, 2.45) is 0 Å². The summed E-state index contributed by atoms with van der Waals surface area (Å²) in [6, 6.07) is 67.6. The summed E-state index contributed by atoms with van der Waals surface area (Å²) in [5.74, 6) is 0. The van der Waals surface area contributed by atoms with E-state index in [0.717, 1.165) is 60.9 Å². The van der Waals surface area contributed by atoms with Gasteiger partial charge in [0, 0.05) is 43.9 Å². The number of nitrogens with zero attached hydrogens (tertiary/aromatic N) is 2. The highest BCUT2D eigenvalue weighted by molar-refractivity contribution is 6.22. The highest BCUT2D eigenvalue weighted by atomic mass is 16.3. The van der Waals surface area contributed by atoms with Crippen LogP contribution in [0.2, 0.25) is 0 Å². The van der Waals surface area contributed by atoms with E-state index in [9.17, 15) is 0 Å². The summed E-state index contributed by atoms with van der Waals surface area (Å²) in [4.78, 5) is 5.22. The molecule has 1 aliphatic carbocycles. The second-order valence-corrected chi connectivity index (χ2v) is 19.1. The molecule has 4 nitrogen and oxygen atoms in total. The average Bonchev–Trinajstić information content (AvgIpc) is 3.99. The van der Waals surface area contributed by atoms with Crippen molar-refractivity contribution >= 4 is 72.3 Å². The van der Waals surface area contributed by atoms with Gasteiger partial charge in [0.15, 0.2) is 5.58 Å². The van der Waals surface area contributed by atoms with Crippen LogP contribution in [0.4, 0.5) is 28.4 Å². The lowest BCUT2D eigenvalue weighted by atomic mass is 9.63. The molecular formula is C60H40N2O2. The van der Waals surface area contributed by atoms with Crippen molar-refractivity contribution in [1.82, 2.24) is 0 Å². The first-order chi connectivity index (χ1) is 31.4. The van der Waals surface area contributed by atoms with Crippen LogP contribution >= 0.6 is 0 Å². The minimum Gasteiger partial charge on any atom is -0.456 e. The molecule has 1 atom stereocenters. The Balaban J connectivity index is 1.15. The molecule has 2 aromatic heterocycles. The molecule has 0 saturated heterocycles. The molecule has 0 N–H and O–H groups in total. The van der Waals surface area contributed by atoms with Crippen LogP contribution in [0.5, 0.6) is 0 Å². The highest BCUT2D eigenvalue weighted by Crippen LogP contribution is 2.70. The molecule has 1 spiro atoms. The van der Waals surface area contributed by atoms with Gasteiger partial charge in [0.1, 0.15) is 16.7 Å². The van der Waals surface area contributed by atoms with Crippen LogP contribution in [-0.4, -0.2) is 0 Å². The minimum absolute atomic E-state index is 0.00624. The summed E-state index contributed by atoms with van der Waals surface area (Å²) >= 11 is 0. The van der Waals surface area contributed by atoms with Crippen molar-refractivity contribution < 1.29 is 8.83 Å². The largest absolute Gasteiger partial charge is 0.456 e. The van der Waals surface area contributed by atoms with Gasteiger partial charge in [-0.3, -0.25) is 0 Å². The fourth-order valence-corrected chi connectivity index (χ4v) is 12.4. The van der Waals surface area contributed by atoms with Gasteiger partial charge in [-0.15, -0.1) is 0 Å². The number of benzene rings is 9. The van der Waals surface area contributed by atoms with Crippen LogP contribution in [0, 0.1) is 0 Å². The number of rotatable bonds is 1. The zero-order chi connectivity index (χ0) is 42.2. The maximum Gasteiger partial charge on any atom is 0.159 e. The van der Waals surface area contributed by atoms with Crippen molar-refractivity contribution in [1.29, 1.82) is 0 Å². The first kappa shape index (κ1) is 34.7. The van der Waals surface area contributed by atoms with E-state index >= 15 is 0 Å². The molecule has 1 unspecified atom stereocenters. The number of hydrogen-bond acceptors (Lipinski definition) is 4. The Morgan fingerprint density at radius 1 is 0.484 bits per heavy atom. The third-order valence-electron chi connectivity index (χ3n) is 15.0. The average molecular weight is 821 g/mol. The Labute approximate surface area is 370 Å². The molecule has 5 heterocycles. The lowest BCUT2D eigenvalue weighted by Crippen LogP contribution is -2.41. The molecule has 302 valence electrons. The van der Waals surface area contributed by atoms with E-state index in [1.165, 1.54) is 72.6 Å². The zero-order valence-electron chi connectivity index (χ0n) is 35.6. The van der Waals surface area contributed by atoms with Gasteiger partial charge in [-0.2, -0.15) is 0 Å². The van der Waals surface area contributed by atoms with Gasteiger partial charge in [-0.1, -0.05) is 154 Å². The summed E-state index contributed by atoms with van der Waals surface area (Å²) < 4.78 is 13.9. The molecular weight excluding hydrogens is 781 g/mol. The zero-order valence-corrected chi connectivity index (χ0v) is 35.6. The highest BCUT2D eigenvalue weighted by Gasteiger charge is 2.55. The molecule has 64 heavy (non-hydrogen) atoms. The predicted molar refractivity (Wildman–Crippen MR) is 261 cm³/mol. The van der Waals surface area contributed by atoms with Gasteiger partial charge in [0.25, 0.3) is 0 Å². The Morgan fingerprint density at radius 2 is 1.12 bits per heavy atom. The molecule has 4 heteroatoms. The molecule has 0 fully saturated rings. The molecule has 4 aliphatic rings.